The van der Waals surface area contributed by atoms with Gasteiger partial charge in [0.25, 0.3) is 0 Å². The molecular weight excluding hydrogens is 222 g/mol. The normalized spacial score (nSPS) is 10.3. The third kappa shape index (κ3) is 3.00. The van der Waals surface area contributed by atoms with Gasteiger partial charge in [-0.15, -0.1) is 0 Å². The van der Waals surface area contributed by atoms with Gasteiger partial charge in [-0.3, -0.25) is 4.98 Å². The van der Waals surface area contributed by atoms with Gasteiger partial charge in [0.15, 0.2) is 0 Å². The number of hydrogen-bond donors (Lipinski definition) is 1. The highest BCUT2D eigenvalue weighted by Crippen LogP contribution is 2.18. The van der Waals surface area contributed by atoms with Crippen LogP contribution in [0.2, 0.25) is 0 Å². The second-order valence-electron chi connectivity index (χ2n) is 4.48. The number of nitrogens with zero attached hydrogens (tertiary/aromatic N) is 2. The summed E-state index contributed by atoms with van der Waals surface area (Å²) in [5.41, 5.74) is 10.1. The standard InChI is InChI=1S/C15H19N3/c1-3-18(15-6-4-14(16)5-7-15)11-13-8-12(2)9-17-10-13/h4-10H,3,11,16H2,1-2H3. The number of anilines is 2. The van der Waals surface area contributed by atoms with E-state index in [1.807, 2.05) is 24.5 Å². The van der Waals surface area contributed by atoms with Crippen LogP contribution in [0.4, 0.5) is 11.4 Å². The van der Waals surface area contributed by atoms with Crippen LogP contribution in [0.15, 0.2) is 42.7 Å². The van der Waals surface area contributed by atoms with Crippen molar-refractivity contribution in [3.05, 3.63) is 53.9 Å². The van der Waals surface area contributed by atoms with E-state index in [1.165, 1.54) is 16.8 Å². The first kappa shape index (κ1) is 12.4. The lowest BCUT2D eigenvalue weighted by atomic mass is 10.2. The zero-order valence-electron chi connectivity index (χ0n) is 10.9. The highest BCUT2D eigenvalue weighted by atomic mass is 15.1. The lowest BCUT2D eigenvalue weighted by Crippen LogP contribution is -2.22. The Labute approximate surface area is 108 Å². The summed E-state index contributed by atoms with van der Waals surface area (Å²) >= 11 is 0. The SMILES string of the molecule is CCN(Cc1cncc(C)c1)c1ccc(N)cc1. The Kier molecular flexibility index (Phi) is 3.82. The lowest BCUT2D eigenvalue weighted by molar-refractivity contribution is 0.827. The minimum Gasteiger partial charge on any atom is -0.399 e. The first-order valence-corrected chi connectivity index (χ1v) is 6.20. The maximum Gasteiger partial charge on any atom is 0.0444 e. The summed E-state index contributed by atoms with van der Waals surface area (Å²) in [6.45, 7) is 6.04. The predicted octanol–water partition coefficient (Wildman–Crippen LogP) is 3.00. The molecule has 2 rings (SSSR count). The second-order valence-corrected chi connectivity index (χ2v) is 4.48. The fraction of sp³-hybridized carbons (Fsp3) is 0.267. The molecule has 0 atom stereocenters. The molecule has 0 aliphatic rings. The average Bonchev–Trinajstić information content (AvgIpc) is 2.37. The van der Waals surface area contributed by atoms with E-state index in [2.05, 4.69) is 41.9 Å². The van der Waals surface area contributed by atoms with Crippen LogP contribution in [0, 0.1) is 6.92 Å². The van der Waals surface area contributed by atoms with Crippen LogP contribution >= 0.6 is 0 Å². The predicted molar refractivity (Wildman–Crippen MR) is 76.6 cm³/mol. The van der Waals surface area contributed by atoms with Crippen LogP contribution in [0.3, 0.4) is 0 Å². The molecule has 0 fully saturated rings. The summed E-state index contributed by atoms with van der Waals surface area (Å²) in [6.07, 6.45) is 3.80. The van der Waals surface area contributed by atoms with E-state index >= 15 is 0 Å². The maximum absolute atomic E-state index is 5.71. The maximum atomic E-state index is 5.71. The third-order valence-corrected chi connectivity index (χ3v) is 2.94. The summed E-state index contributed by atoms with van der Waals surface area (Å²) < 4.78 is 0. The van der Waals surface area contributed by atoms with Crippen LogP contribution in [0.1, 0.15) is 18.1 Å². The quantitative estimate of drug-likeness (QED) is 0.837. The highest BCUT2D eigenvalue weighted by molar-refractivity contribution is 5.53. The molecule has 0 spiro atoms. The van der Waals surface area contributed by atoms with Crippen LogP contribution in [0.25, 0.3) is 0 Å². The van der Waals surface area contributed by atoms with Crippen molar-refractivity contribution in [3.8, 4) is 0 Å². The lowest BCUT2D eigenvalue weighted by Gasteiger charge is -2.23. The van der Waals surface area contributed by atoms with Crippen molar-refractivity contribution in [2.75, 3.05) is 17.2 Å². The molecule has 2 aromatic rings. The summed E-state index contributed by atoms with van der Waals surface area (Å²) in [4.78, 5) is 6.53. The Morgan fingerprint density at radius 3 is 2.50 bits per heavy atom. The molecule has 3 nitrogen and oxygen atoms in total. The molecule has 94 valence electrons. The number of pyridine rings is 1. The van der Waals surface area contributed by atoms with E-state index in [1.54, 1.807) is 0 Å². The van der Waals surface area contributed by atoms with E-state index in [0.29, 0.717) is 0 Å². The Morgan fingerprint density at radius 1 is 1.17 bits per heavy atom. The molecular formula is C15H19N3. The van der Waals surface area contributed by atoms with Crippen molar-refractivity contribution in [3.63, 3.8) is 0 Å². The van der Waals surface area contributed by atoms with Crippen LogP contribution in [-0.4, -0.2) is 11.5 Å². The molecule has 0 amide bonds. The van der Waals surface area contributed by atoms with E-state index in [0.717, 1.165) is 18.8 Å². The van der Waals surface area contributed by atoms with Crippen molar-refractivity contribution in [1.82, 2.24) is 4.98 Å². The van der Waals surface area contributed by atoms with Crippen molar-refractivity contribution in [2.24, 2.45) is 0 Å². The number of aromatic nitrogens is 1. The summed E-state index contributed by atoms with van der Waals surface area (Å²) in [5.74, 6) is 0. The molecule has 0 radical (unpaired) electrons. The van der Waals surface area contributed by atoms with Gasteiger partial charge in [-0.25, -0.2) is 0 Å². The Morgan fingerprint density at radius 2 is 1.89 bits per heavy atom. The third-order valence-electron chi connectivity index (χ3n) is 2.94. The fourth-order valence-corrected chi connectivity index (χ4v) is 2.00. The van der Waals surface area contributed by atoms with Gasteiger partial charge >= 0.3 is 0 Å². The van der Waals surface area contributed by atoms with Crippen LogP contribution in [0.5, 0.6) is 0 Å². The van der Waals surface area contributed by atoms with Gasteiger partial charge in [-0.2, -0.15) is 0 Å². The number of rotatable bonds is 4. The first-order valence-electron chi connectivity index (χ1n) is 6.20. The molecule has 0 saturated carbocycles. The van der Waals surface area contributed by atoms with Gasteiger partial charge in [0.1, 0.15) is 0 Å². The topological polar surface area (TPSA) is 42.2 Å². The van der Waals surface area contributed by atoms with Gasteiger partial charge in [0, 0.05) is 36.9 Å². The molecule has 18 heavy (non-hydrogen) atoms. The molecule has 0 aliphatic carbocycles. The molecule has 0 saturated heterocycles. The minimum atomic E-state index is 0.798. The summed E-state index contributed by atoms with van der Waals surface area (Å²) in [6, 6.07) is 10.2. The molecule has 0 aliphatic heterocycles. The van der Waals surface area contributed by atoms with E-state index in [4.69, 9.17) is 5.73 Å². The number of aryl methyl sites for hydroxylation is 1. The van der Waals surface area contributed by atoms with E-state index < -0.39 is 0 Å². The number of nitrogens with two attached hydrogens (primary N) is 1. The van der Waals surface area contributed by atoms with Crippen LogP contribution < -0.4 is 10.6 Å². The summed E-state index contributed by atoms with van der Waals surface area (Å²) in [7, 11) is 0. The molecule has 1 aromatic heterocycles. The second kappa shape index (κ2) is 5.54. The highest BCUT2D eigenvalue weighted by Gasteiger charge is 2.05. The zero-order chi connectivity index (χ0) is 13.0. The Balaban J connectivity index is 2.17. The Hall–Kier alpha value is -2.03. The van der Waals surface area contributed by atoms with Gasteiger partial charge in [-0.05, 0) is 49.2 Å². The summed E-state index contributed by atoms with van der Waals surface area (Å²) in [5, 5.41) is 0. The van der Waals surface area contributed by atoms with Crippen molar-refractivity contribution >= 4 is 11.4 Å². The van der Waals surface area contributed by atoms with Gasteiger partial charge in [0.2, 0.25) is 0 Å². The Bertz CT molecular complexity index is 505. The molecule has 0 unspecified atom stereocenters. The minimum absolute atomic E-state index is 0.798. The molecule has 2 N–H and O–H groups in total. The van der Waals surface area contributed by atoms with Gasteiger partial charge in [-0.1, -0.05) is 6.07 Å². The van der Waals surface area contributed by atoms with Crippen LogP contribution in [-0.2, 0) is 6.54 Å². The largest absolute Gasteiger partial charge is 0.399 e. The van der Waals surface area contributed by atoms with E-state index in [9.17, 15) is 0 Å². The molecule has 3 heteroatoms. The van der Waals surface area contributed by atoms with E-state index in [-0.39, 0.29) is 0 Å². The molecule has 1 aromatic carbocycles. The van der Waals surface area contributed by atoms with Gasteiger partial charge < -0.3 is 10.6 Å². The number of benzene rings is 1. The number of hydrogen-bond acceptors (Lipinski definition) is 3. The molecule has 1 heterocycles. The molecule has 0 bridgehead atoms. The first-order chi connectivity index (χ1) is 8.69. The van der Waals surface area contributed by atoms with Crippen molar-refractivity contribution in [2.45, 2.75) is 20.4 Å². The average molecular weight is 241 g/mol. The number of nitrogen functional groups attached to an aromatic ring is 1. The van der Waals surface area contributed by atoms with Gasteiger partial charge in [0.05, 0.1) is 0 Å². The smallest absolute Gasteiger partial charge is 0.0444 e. The van der Waals surface area contributed by atoms with Crippen molar-refractivity contribution < 1.29 is 0 Å². The fourth-order valence-electron chi connectivity index (χ4n) is 2.00. The monoisotopic (exact) mass is 241 g/mol. The van der Waals surface area contributed by atoms with Crippen molar-refractivity contribution in [1.29, 1.82) is 0 Å². The zero-order valence-corrected chi connectivity index (χ0v) is 10.9.